The van der Waals surface area contributed by atoms with E-state index >= 15 is 0 Å². The van der Waals surface area contributed by atoms with Crippen LogP contribution in [0.4, 0.5) is 0 Å². The van der Waals surface area contributed by atoms with Gasteiger partial charge in [-0.05, 0) is 13.8 Å². The number of fused-ring (bicyclic) bond motifs is 3. The third-order valence-electron chi connectivity index (χ3n) is 6.98. The summed E-state index contributed by atoms with van der Waals surface area (Å²) in [5.41, 5.74) is 1.82. The third kappa shape index (κ3) is 3.38. The molecule has 9 nitrogen and oxygen atoms in total. The van der Waals surface area contributed by atoms with E-state index in [1.54, 1.807) is 66.7 Å². The number of ketones is 4. The Kier molecular flexibility index (Phi) is 4.88. The minimum Gasteiger partial charge on any atom is -0.484 e. The van der Waals surface area contributed by atoms with Gasteiger partial charge in [0.1, 0.15) is 23.1 Å². The Hall–Kier alpha value is -4.66. The fraction of sp³-hybridized carbons (Fsp3) is 0.214. The van der Waals surface area contributed by atoms with E-state index in [9.17, 15) is 19.2 Å². The highest BCUT2D eigenvalue weighted by atomic mass is 16.5. The predicted octanol–water partition coefficient (Wildman–Crippen LogP) is 3.20. The van der Waals surface area contributed by atoms with Crippen LogP contribution in [0.2, 0.25) is 0 Å². The van der Waals surface area contributed by atoms with E-state index in [0.717, 1.165) is 0 Å². The molecule has 1 aromatic heterocycles. The lowest BCUT2D eigenvalue weighted by Gasteiger charge is -2.27. The van der Waals surface area contributed by atoms with Crippen LogP contribution in [0.3, 0.4) is 0 Å². The molecule has 0 spiro atoms. The van der Waals surface area contributed by atoms with Gasteiger partial charge in [0.15, 0.2) is 5.78 Å². The van der Waals surface area contributed by atoms with Gasteiger partial charge in [-0.15, -0.1) is 5.10 Å². The Balaban J connectivity index is 1.31. The van der Waals surface area contributed by atoms with Crippen molar-refractivity contribution in [2.24, 2.45) is 0 Å². The van der Waals surface area contributed by atoms with Crippen molar-refractivity contribution in [3.63, 3.8) is 0 Å². The number of likely N-dealkylation sites (N-methyl/N-ethyl adjacent to an activating group) is 1. The van der Waals surface area contributed by atoms with Crippen molar-refractivity contribution in [2.75, 3.05) is 7.05 Å². The number of hydrogen-bond acceptors (Lipinski definition) is 8. The van der Waals surface area contributed by atoms with E-state index in [0.29, 0.717) is 33.7 Å². The zero-order valence-corrected chi connectivity index (χ0v) is 20.4. The van der Waals surface area contributed by atoms with E-state index < -0.39 is 23.2 Å². The zero-order valence-electron chi connectivity index (χ0n) is 20.4. The molecule has 3 aromatic rings. The minimum atomic E-state index is -0.882. The first-order chi connectivity index (χ1) is 17.7. The van der Waals surface area contributed by atoms with Crippen LogP contribution in [-0.4, -0.2) is 55.7 Å². The number of benzene rings is 2. The number of rotatable bonds is 4. The first-order valence-corrected chi connectivity index (χ1v) is 11.8. The van der Waals surface area contributed by atoms with Gasteiger partial charge in [-0.2, -0.15) is 0 Å². The number of Topliss-reactive ketones (excluding diaryl/α,β-unsaturated/α-hetero) is 3. The number of ether oxygens (including phenoxy) is 1. The van der Waals surface area contributed by atoms with Gasteiger partial charge in [0.05, 0.1) is 24.0 Å². The molecule has 37 heavy (non-hydrogen) atoms. The number of aromatic nitrogens is 3. The zero-order chi connectivity index (χ0) is 26.1. The number of carbonyl (C=O) groups excluding carboxylic acids is 4. The second kappa shape index (κ2) is 7.92. The van der Waals surface area contributed by atoms with Crippen LogP contribution in [-0.2, 0) is 16.1 Å². The summed E-state index contributed by atoms with van der Waals surface area (Å²) in [6, 6.07) is 12.9. The van der Waals surface area contributed by atoms with Gasteiger partial charge in [0.2, 0.25) is 17.3 Å². The van der Waals surface area contributed by atoms with Gasteiger partial charge >= 0.3 is 0 Å². The van der Waals surface area contributed by atoms with E-state index in [1.807, 2.05) is 13.8 Å². The summed E-state index contributed by atoms with van der Waals surface area (Å²) >= 11 is 0. The van der Waals surface area contributed by atoms with Crippen LogP contribution in [0.25, 0.3) is 5.76 Å². The van der Waals surface area contributed by atoms with E-state index in [2.05, 4.69) is 10.3 Å². The van der Waals surface area contributed by atoms with Gasteiger partial charge in [0.25, 0.3) is 0 Å². The highest BCUT2D eigenvalue weighted by Gasteiger charge is 2.52. The number of allylic oxidation sites excluding steroid dienone is 2. The Morgan fingerprint density at radius 3 is 2.22 bits per heavy atom. The lowest BCUT2D eigenvalue weighted by molar-refractivity contribution is -0.112. The minimum absolute atomic E-state index is 0.197. The van der Waals surface area contributed by atoms with Crippen LogP contribution in [0.15, 0.2) is 72.1 Å². The van der Waals surface area contributed by atoms with Crippen molar-refractivity contribution < 1.29 is 23.9 Å². The number of hydrogen-bond donors (Lipinski definition) is 0. The molecule has 9 heteroatoms. The molecule has 0 N–H and O–H groups in total. The number of nitrogens with zero attached hydrogens (tertiary/aromatic N) is 4. The molecule has 184 valence electrons. The van der Waals surface area contributed by atoms with Crippen LogP contribution in [0, 0.1) is 0 Å². The molecular formula is C28H22N4O5. The Labute approximate surface area is 212 Å². The molecular weight excluding hydrogens is 472 g/mol. The first kappa shape index (κ1) is 22.8. The summed E-state index contributed by atoms with van der Waals surface area (Å²) in [4.78, 5) is 53.3. The molecule has 0 saturated carbocycles. The maximum atomic E-state index is 13.2. The molecule has 3 aliphatic rings. The molecule has 6 rings (SSSR count). The van der Waals surface area contributed by atoms with Crippen LogP contribution < -0.4 is 0 Å². The maximum absolute atomic E-state index is 13.2. The van der Waals surface area contributed by atoms with Crippen molar-refractivity contribution >= 4 is 28.9 Å². The van der Waals surface area contributed by atoms with Crippen LogP contribution in [0.5, 0.6) is 0 Å². The van der Waals surface area contributed by atoms with Crippen LogP contribution >= 0.6 is 0 Å². The lowest BCUT2D eigenvalue weighted by Crippen LogP contribution is -2.35. The van der Waals surface area contributed by atoms with Gasteiger partial charge in [-0.25, -0.2) is 4.68 Å². The second-order valence-corrected chi connectivity index (χ2v) is 9.87. The maximum Gasteiger partial charge on any atom is 0.235 e. The molecule has 1 atom stereocenters. The molecule has 1 unspecified atom stereocenters. The van der Waals surface area contributed by atoms with Crippen LogP contribution in [0.1, 0.15) is 62.2 Å². The van der Waals surface area contributed by atoms with Crippen molar-refractivity contribution in [3.8, 4) is 0 Å². The molecule has 2 heterocycles. The fourth-order valence-corrected chi connectivity index (χ4v) is 5.27. The van der Waals surface area contributed by atoms with Gasteiger partial charge in [-0.3, -0.25) is 19.2 Å². The lowest BCUT2D eigenvalue weighted by atomic mass is 9.83. The molecule has 0 radical (unpaired) electrons. The SMILES string of the molecule is CN(Cc1cn(C2C3=C(OC2(C)C)c2ccccc2C(=O)C3=O)nn1)C1=CC(=O)c2ccccc2C1=O. The van der Waals surface area contributed by atoms with Gasteiger partial charge < -0.3 is 9.64 Å². The third-order valence-corrected chi connectivity index (χ3v) is 6.98. The summed E-state index contributed by atoms with van der Waals surface area (Å²) < 4.78 is 7.76. The predicted molar refractivity (Wildman–Crippen MR) is 132 cm³/mol. The van der Waals surface area contributed by atoms with Crippen molar-refractivity contribution in [1.29, 1.82) is 0 Å². The highest BCUT2D eigenvalue weighted by Crippen LogP contribution is 2.49. The van der Waals surface area contributed by atoms with Gasteiger partial charge in [-0.1, -0.05) is 53.7 Å². The summed E-state index contributed by atoms with van der Waals surface area (Å²) in [6.45, 7) is 3.86. The highest BCUT2D eigenvalue weighted by molar-refractivity contribution is 6.52. The average molecular weight is 495 g/mol. The topological polar surface area (TPSA) is 111 Å². The quantitative estimate of drug-likeness (QED) is 0.509. The average Bonchev–Trinajstić information content (AvgIpc) is 3.45. The molecule has 0 fully saturated rings. The second-order valence-electron chi connectivity index (χ2n) is 9.87. The molecule has 1 aliphatic heterocycles. The summed E-state index contributed by atoms with van der Waals surface area (Å²) in [6.07, 6.45) is 3.01. The summed E-state index contributed by atoms with van der Waals surface area (Å²) in [7, 11) is 1.70. The molecule has 2 aromatic carbocycles. The molecule has 0 amide bonds. The van der Waals surface area contributed by atoms with Crippen molar-refractivity contribution in [3.05, 3.63) is 100 Å². The molecule has 0 saturated heterocycles. The normalized spacial score (nSPS) is 19.8. The largest absolute Gasteiger partial charge is 0.484 e. The smallest absolute Gasteiger partial charge is 0.235 e. The van der Waals surface area contributed by atoms with E-state index in [1.165, 1.54) is 10.8 Å². The molecule has 0 bridgehead atoms. The Bertz CT molecular complexity index is 1610. The van der Waals surface area contributed by atoms with E-state index in [-0.39, 0.29) is 29.4 Å². The van der Waals surface area contributed by atoms with Crippen molar-refractivity contribution in [2.45, 2.75) is 32.0 Å². The van der Waals surface area contributed by atoms with Gasteiger partial charge in [0, 0.05) is 35.4 Å². The monoisotopic (exact) mass is 494 g/mol. The van der Waals surface area contributed by atoms with E-state index in [4.69, 9.17) is 4.74 Å². The summed E-state index contributed by atoms with van der Waals surface area (Å²) in [5, 5.41) is 8.51. The molecule has 2 aliphatic carbocycles. The first-order valence-electron chi connectivity index (χ1n) is 11.8. The summed E-state index contributed by atoms with van der Waals surface area (Å²) in [5.74, 6) is -1.28. The Morgan fingerprint density at radius 2 is 1.51 bits per heavy atom. The standard InChI is InChI=1S/C28H22N4O5/c1-28(2)27(22-25(36)24(35)18-10-6-7-11-19(18)26(22)37-28)32-14-15(29-30-32)13-31(3)20-12-21(33)16-8-4-5-9-17(16)23(20)34/h4-12,14,27H,13H2,1-3H3. The number of carbonyl (C=O) groups is 4. The Morgan fingerprint density at radius 1 is 0.892 bits per heavy atom. The van der Waals surface area contributed by atoms with Crippen molar-refractivity contribution in [1.82, 2.24) is 19.9 Å². The fourth-order valence-electron chi connectivity index (χ4n) is 5.27.